The number of carbonyl (C=O) groups excluding carboxylic acids is 2. The van der Waals surface area contributed by atoms with E-state index in [9.17, 15) is 9.59 Å². The number of nitrogens with one attached hydrogen (secondary N) is 1. The summed E-state index contributed by atoms with van der Waals surface area (Å²) in [5.74, 6) is -0.822. The largest absolute Gasteiger partial charge is 0.452 e. The number of rotatable bonds is 6. The molecule has 2 aromatic rings. The molecule has 0 aromatic heterocycles. The van der Waals surface area contributed by atoms with Crippen LogP contribution in [0.15, 0.2) is 48.5 Å². The van der Waals surface area contributed by atoms with E-state index in [0.29, 0.717) is 23.6 Å². The number of aryl methyl sites for hydroxylation is 1. The van der Waals surface area contributed by atoms with Crippen molar-refractivity contribution in [3.63, 3.8) is 0 Å². The minimum Gasteiger partial charge on any atom is -0.452 e. The van der Waals surface area contributed by atoms with Gasteiger partial charge in [-0.15, -0.1) is 0 Å². The molecule has 1 amide bonds. The third kappa shape index (κ3) is 5.75. The van der Waals surface area contributed by atoms with E-state index in [0.717, 1.165) is 11.1 Å². The van der Waals surface area contributed by atoms with E-state index in [-0.39, 0.29) is 12.5 Å². The van der Waals surface area contributed by atoms with Crippen LogP contribution < -0.4 is 5.32 Å². The van der Waals surface area contributed by atoms with Gasteiger partial charge in [-0.1, -0.05) is 41.4 Å². The summed E-state index contributed by atoms with van der Waals surface area (Å²) in [5, 5.41) is 3.39. The van der Waals surface area contributed by atoms with E-state index >= 15 is 0 Å². The number of halogens is 1. The SMILES string of the molecule is Cc1ccc(C(=O)OCC(=O)NCCc2ccc(Cl)cc2)cc1. The maximum atomic E-state index is 11.8. The summed E-state index contributed by atoms with van der Waals surface area (Å²) < 4.78 is 4.98. The van der Waals surface area contributed by atoms with E-state index in [2.05, 4.69) is 5.32 Å². The fourth-order valence-electron chi connectivity index (χ4n) is 1.95. The van der Waals surface area contributed by atoms with Gasteiger partial charge in [0.1, 0.15) is 0 Å². The average Bonchev–Trinajstić information content (AvgIpc) is 2.55. The number of hydrogen-bond acceptors (Lipinski definition) is 3. The molecule has 0 atom stereocenters. The first kappa shape index (κ1) is 17.0. The second kappa shape index (κ2) is 8.34. The zero-order chi connectivity index (χ0) is 16.7. The van der Waals surface area contributed by atoms with Crippen LogP contribution in [0.3, 0.4) is 0 Å². The predicted molar refractivity (Wildman–Crippen MR) is 89.6 cm³/mol. The monoisotopic (exact) mass is 331 g/mol. The lowest BCUT2D eigenvalue weighted by atomic mass is 10.1. The Bertz CT molecular complexity index is 666. The van der Waals surface area contributed by atoms with E-state index in [1.165, 1.54) is 0 Å². The molecule has 2 rings (SSSR count). The number of benzene rings is 2. The lowest BCUT2D eigenvalue weighted by Gasteiger charge is -2.07. The number of amides is 1. The highest BCUT2D eigenvalue weighted by Gasteiger charge is 2.09. The van der Waals surface area contributed by atoms with Crippen molar-refractivity contribution in [3.05, 3.63) is 70.2 Å². The zero-order valence-electron chi connectivity index (χ0n) is 12.8. The van der Waals surface area contributed by atoms with Crippen molar-refractivity contribution in [1.82, 2.24) is 5.32 Å². The molecule has 0 radical (unpaired) electrons. The molecule has 4 nitrogen and oxygen atoms in total. The Kier molecular flexibility index (Phi) is 6.18. The van der Waals surface area contributed by atoms with Gasteiger partial charge in [-0.3, -0.25) is 4.79 Å². The molecule has 5 heteroatoms. The van der Waals surface area contributed by atoms with E-state index in [4.69, 9.17) is 16.3 Å². The normalized spacial score (nSPS) is 10.2. The van der Waals surface area contributed by atoms with Gasteiger partial charge in [0.25, 0.3) is 5.91 Å². The predicted octanol–water partition coefficient (Wildman–Crippen LogP) is 3.16. The topological polar surface area (TPSA) is 55.4 Å². The van der Waals surface area contributed by atoms with Crippen molar-refractivity contribution in [2.75, 3.05) is 13.2 Å². The summed E-state index contributed by atoms with van der Waals surface area (Å²) in [6, 6.07) is 14.4. The second-order valence-corrected chi connectivity index (χ2v) is 5.61. The first-order valence-electron chi connectivity index (χ1n) is 7.29. The number of ether oxygens (including phenoxy) is 1. The standard InChI is InChI=1S/C18H18ClNO3/c1-13-2-6-15(7-3-13)18(22)23-12-17(21)20-11-10-14-4-8-16(19)9-5-14/h2-9H,10-12H2,1H3,(H,20,21). The molecule has 0 bridgehead atoms. The molecule has 120 valence electrons. The second-order valence-electron chi connectivity index (χ2n) is 5.17. The summed E-state index contributed by atoms with van der Waals surface area (Å²) >= 11 is 5.81. The summed E-state index contributed by atoms with van der Waals surface area (Å²) in [6.45, 7) is 2.12. The third-order valence-electron chi connectivity index (χ3n) is 3.27. The van der Waals surface area contributed by atoms with Crippen molar-refractivity contribution >= 4 is 23.5 Å². The van der Waals surface area contributed by atoms with Crippen LogP contribution in [0.5, 0.6) is 0 Å². The summed E-state index contributed by atoms with van der Waals surface area (Å²) in [7, 11) is 0. The molecule has 0 spiro atoms. The van der Waals surface area contributed by atoms with Crippen LogP contribution in [0.4, 0.5) is 0 Å². The highest BCUT2D eigenvalue weighted by atomic mass is 35.5. The quantitative estimate of drug-likeness (QED) is 0.827. The fourth-order valence-corrected chi connectivity index (χ4v) is 2.08. The van der Waals surface area contributed by atoms with Crippen LogP contribution in [-0.4, -0.2) is 25.0 Å². The van der Waals surface area contributed by atoms with Crippen molar-refractivity contribution in [2.24, 2.45) is 0 Å². The van der Waals surface area contributed by atoms with Crippen molar-refractivity contribution in [2.45, 2.75) is 13.3 Å². The van der Waals surface area contributed by atoms with Crippen LogP contribution in [0.2, 0.25) is 5.02 Å². The molecule has 23 heavy (non-hydrogen) atoms. The molecular formula is C18H18ClNO3. The van der Waals surface area contributed by atoms with Gasteiger partial charge in [0, 0.05) is 11.6 Å². The van der Waals surface area contributed by atoms with Gasteiger partial charge in [-0.25, -0.2) is 4.79 Å². The molecule has 0 unspecified atom stereocenters. The minimum atomic E-state index is -0.502. The molecule has 2 aromatic carbocycles. The average molecular weight is 332 g/mol. The molecule has 0 aliphatic carbocycles. The molecule has 1 N–H and O–H groups in total. The van der Waals surface area contributed by atoms with Crippen LogP contribution in [0.25, 0.3) is 0 Å². The van der Waals surface area contributed by atoms with Gasteiger partial charge >= 0.3 is 5.97 Å². The Morgan fingerprint density at radius 3 is 2.35 bits per heavy atom. The van der Waals surface area contributed by atoms with Gasteiger partial charge in [0.05, 0.1) is 5.56 Å². The molecular weight excluding hydrogens is 314 g/mol. The van der Waals surface area contributed by atoms with Crippen LogP contribution >= 0.6 is 11.6 Å². The van der Waals surface area contributed by atoms with Gasteiger partial charge in [-0.2, -0.15) is 0 Å². The molecule has 0 saturated carbocycles. The van der Waals surface area contributed by atoms with Gasteiger partial charge in [0.2, 0.25) is 0 Å². The maximum Gasteiger partial charge on any atom is 0.338 e. The number of esters is 1. The molecule has 0 aliphatic heterocycles. The van der Waals surface area contributed by atoms with Crippen LogP contribution in [-0.2, 0) is 16.0 Å². The minimum absolute atomic E-state index is 0.284. The molecule has 0 saturated heterocycles. The highest BCUT2D eigenvalue weighted by molar-refractivity contribution is 6.30. The molecule has 0 aliphatic rings. The summed E-state index contributed by atoms with van der Waals surface area (Å²) in [5.41, 5.74) is 2.57. The van der Waals surface area contributed by atoms with Gasteiger partial charge in [-0.05, 0) is 43.2 Å². The first-order valence-corrected chi connectivity index (χ1v) is 7.67. The lowest BCUT2D eigenvalue weighted by Crippen LogP contribution is -2.30. The van der Waals surface area contributed by atoms with E-state index in [1.807, 2.05) is 43.3 Å². The van der Waals surface area contributed by atoms with Crippen LogP contribution in [0.1, 0.15) is 21.5 Å². The zero-order valence-corrected chi connectivity index (χ0v) is 13.6. The Morgan fingerprint density at radius 2 is 1.70 bits per heavy atom. The summed E-state index contributed by atoms with van der Waals surface area (Å²) in [6.07, 6.45) is 0.689. The molecule has 0 heterocycles. The number of carbonyl (C=O) groups is 2. The fraction of sp³-hybridized carbons (Fsp3) is 0.222. The Hall–Kier alpha value is -2.33. The summed E-state index contributed by atoms with van der Waals surface area (Å²) in [4.78, 5) is 23.4. The third-order valence-corrected chi connectivity index (χ3v) is 3.52. The van der Waals surface area contributed by atoms with E-state index in [1.54, 1.807) is 12.1 Å². The van der Waals surface area contributed by atoms with Crippen LogP contribution in [0, 0.1) is 6.92 Å². The van der Waals surface area contributed by atoms with Crippen molar-refractivity contribution in [3.8, 4) is 0 Å². The first-order chi connectivity index (χ1) is 11.0. The maximum absolute atomic E-state index is 11.8. The number of hydrogen-bond donors (Lipinski definition) is 1. The Balaban J connectivity index is 1.69. The molecule has 0 fully saturated rings. The Labute approximate surface area is 140 Å². The van der Waals surface area contributed by atoms with E-state index < -0.39 is 5.97 Å². The van der Waals surface area contributed by atoms with Crippen molar-refractivity contribution < 1.29 is 14.3 Å². The van der Waals surface area contributed by atoms with Gasteiger partial charge in [0.15, 0.2) is 6.61 Å². The smallest absolute Gasteiger partial charge is 0.338 e. The highest BCUT2D eigenvalue weighted by Crippen LogP contribution is 2.09. The van der Waals surface area contributed by atoms with Crippen molar-refractivity contribution in [1.29, 1.82) is 0 Å². The van der Waals surface area contributed by atoms with Gasteiger partial charge < -0.3 is 10.1 Å². The Morgan fingerprint density at radius 1 is 1.04 bits per heavy atom. The lowest BCUT2D eigenvalue weighted by molar-refractivity contribution is -0.124.